The van der Waals surface area contributed by atoms with Gasteiger partial charge in [-0.2, -0.15) is 0 Å². The standard InChI is InChI=1S/C16H16S4/c1-7-9-6-16(7,3)8(2)14-15(9)20-13-5-11(18)10(17)4-12(13)19-14/h4-5,8-9,17-18H,1,6H2,2-3H3. The molecule has 0 spiro atoms. The van der Waals surface area contributed by atoms with Crippen LogP contribution >= 0.6 is 48.8 Å². The molecule has 1 heterocycles. The molecule has 1 aromatic rings. The second-order valence-corrected chi connectivity index (χ2v) is 9.27. The Balaban J connectivity index is 1.82. The molecule has 5 rings (SSSR count). The highest BCUT2D eigenvalue weighted by Gasteiger charge is 2.56. The third kappa shape index (κ3) is 1.62. The average Bonchev–Trinajstić information content (AvgIpc) is 2.42. The van der Waals surface area contributed by atoms with Gasteiger partial charge in [-0.25, -0.2) is 0 Å². The van der Waals surface area contributed by atoms with Gasteiger partial charge in [-0.05, 0) is 29.9 Å². The van der Waals surface area contributed by atoms with E-state index in [1.165, 1.54) is 21.8 Å². The molecule has 0 saturated heterocycles. The Bertz CT molecular complexity index is 688. The molecule has 104 valence electrons. The van der Waals surface area contributed by atoms with Crippen LogP contribution in [0.25, 0.3) is 0 Å². The summed E-state index contributed by atoms with van der Waals surface area (Å²) >= 11 is 12.9. The van der Waals surface area contributed by atoms with E-state index < -0.39 is 0 Å². The Labute approximate surface area is 139 Å². The van der Waals surface area contributed by atoms with Gasteiger partial charge in [0.25, 0.3) is 0 Å². The van der Waals surface area contributed by atoms with Gasteiger partial charge in [0.15, 0.2) is 0 Å². The van der Waals surface area contributed by atoms with Crippen LogP contribution in [0.5, 0.6) is 0 Å². The Morgan fingerprint density at radius 2 is 1.70 bits per heavy atom. The first-order valence-electron chi connectivity index (χ1n) is 6.77. The minimum atomic E-state index is 0.321. The van der Waals surface area contributed by atoms with E-state index in [1.54, 1.807) is 9.81 Å². The highest BCUT2D eigenvalue weighted by molar-refractivity contribution is 8.09. The normalized spacial score (nSPS) is 34.5. The topological polar surface area (TPSA) is 0 Å². The van der Waals surface area contributed by atoms with Crippen molar-refractivity contribution < 1.29 is 0 Å². The summed E-state index contributed by atoms with van der Waals surface area (Å²) in [5, 5.41) is 0. The van der Waals surface area contributed by atoms with Crippen LogP contribution in [0.2, 0.25) is 0 Å². The van der Waals surface area contributed by atoms with Crippen LogP contribution < -0.4 is 0 Å². The maximum Gasteiger partial charge on any atom is 0.0270 e. The molecule has 1 aromatic carbocycles. The highest BCUT2D eigenvalue weighted by Crippen LogP contribution is 2.70. The van der Waals surface area contributed by atoms with E-state index in [2.05, 4.69) is 57.8 Å². The van der Waals surface area contributed by atoms with Crippen LogP contribution in [0.3, 0.4) is 0 Å². The summed E-state index contributed by atoms with van der Waals surface area (Å²) in [6.45, 7) is 9.10. The number of benzene rings is 1. The molecule has 0 radical (unpaired) electrons. The number of allylic oxidation sites excluding steroid dienone is 3. The number of thioether (sulfide) groups is 2. The molecule has 2 bridgehead atoms. The Morgan fingerprint density at radius 1 is 1.15 bits per heavy atom. The van der Waals surface area contributed by atoms with Crippen LogP contribution in [-0.4, -0.2) is 0 Å². The smallest absolute Gasteiger partial charge is 0.0270 e. The second-order valence-electron chi connectivity index (χ2n) is 6.14. The van der Waals surface area contributed by atoms with E-state index in [0.29, 0.717) is 17.3 Å². The molecule has 0 N–H and O–H groups in total. The Hall–Kier alpha value is 0.1000. The minimum absolute atomic E-state index is 0.321. The molecule has 0 aromatic heterocycles. The van der Waals surface area contributed by atoms with E-state index in [0.717, 1.165) is 9.79 Å². The molecular formula is C16H16S4. The first-order chi connectivity index (χ1) is 9.41. The maximum atomic E-state index is 4.50. The molecule has 1 saturated carbocycles. The number of hydrogen-bond donors (Lipinski definition) is 2. The predicted octanol–water partition coefficient (Wildman–Crippen LogP) is 5.91. The lowest BCUT2D eigenvalue weighted by molar-refractivity contribution is 0.140. The highest BCUT2D eigenvalue weighted by atomic mass is 32.2. The van der Waals surface area contributed by atoms with Crippen molar-refractivity contribution in [2.24, 2.45) is 17.3 Å². The predicted molar refractivity (Wildman–Crippen MR) is 94.2 cm³/mol. The SMILES string of the molecule is C=C1C2CC1(C)C(C)C1=C2Sc2cc(S)c(S)cc2S1. The fraction of sp³-hybridized carbons (Fsp3) is 0.375. The van der Waals surface area contributed by atoms with E-state index in [4.69, 9.17) is 0 Å². The monoisotopic (exact) mass is 336 g/mol. The molecule has 3 atom stereocenters. The molecule has 3 aliphatic carbocycles. The van der Waals surface area contributed by atoms with E-state index in [-0.39, 0.29) is 0 Å². The largest absolute Gasteiger partial charge is 0.142 e. The number of hydrogen-bond acceptors (Lipinski definition) is 4. The summed E-state index contributed by atoms with van der Waals surface area (Å²) in [7, 11) is 0. The molecule has 4 heteroatoms. The van der Waals surface area contributed by atoms with Crippen molar-refractivity contribution in [3.05, 3.63) is 34.1 Å². The van der Waals surface area contributed by atoms with E-state index in [9.17, 15) is 0 Å². The summed E-state index contributed by atoms with van der Waals surface area (Å²) in [4.78, 5) is 7.70. The minimum Gasteiger partial charge on any atom is -0.142 e. The van der Waals surface area contributed by atoms with Gasteiger partial charge < -0.3 is 0 Å². The third-order valence-electron chi connectivity index (χ3n) is 5.17. The number of rotatable bonds is 0. The van der Waals surface area contributed by atoms with Gasteiger partial charge in [0, 0.05) is 35.3 Å². The van der Waals surface area contributed by atoms with Crippen molar-refractivity contribution in [2.75, 3.05) is 0 Å². The Kier molecular flexibility index (Phi) is 2.96. The maximum absolute atomic E-state index is 4.50. The lowest BCUT2D eigenvalue weighted by Gasteiger charge is -2.58. The number of fused-ring (bicyclic) bond motifs is 1. The van der Waals surface area contributed by atoms with Gasteiger partial charge in [0.05, 0.1) is 0 Å². The zero-order chi connectivity index (χ0) is 14.2. The summed E-state index contributed by atoms with van der Waals surface area (Å²) in [6.07, 6.45) is 1.27. The molecule has 4 aliphatic rings. The molecule has 3 unspecified atom stereocenters. The zero-order valence-electron chi connectivity index (χ0n) is 11.4. The van der Waals surface area contributed by atoms with Crippen molar-refractivity contribution in [1.82, 2.24) is 0 Å². The third-order valence-corrected chi connectivity index (χ3v) is 8.98. The summed E-state index contributed by atoms with van der Waals surface area (Å²) in [5.41, 5.74) is 1.76. The fourth-order valence-electron chi connectivity index (χ4n) is 3.52. The van der Waals surface area contributed by atoms with E-state index in [1.807, 2.05) is 23.5 Å². The van der Waals surface area contributed by atoms with Crippen LogP contribution in [0.4, 0.5) is 0 Å². The second kappa shape index (κ2) is 4.31. The molecular weight excluding hydrogens is 320 g/mol. The lowest BCUT2D eigenvalue weighted by atomic mass is 9.51. The molecule has 0 nitrogen and oxygen atoms in total. The van der Waals surface area contributed by atoms with Gasteiger partial charge in [0.2, 0.25) is 0 Å². The van der Waals surface area contributed by atoms with Crippen molar-refractivity contribution in [1.29, 1.82) is 0 Å². The van der Waals surface area contributed by atoms with Crippen molar-refractivity contribution >= 4 is 48.8 Å². The van der Waals surface area contributed by atoms with Gasteiger partial charge in [0.1, 0.15) is 0 Å². The summed E-state index contributed by atoms with van der Waals surface area (Å²) in [5.74, 6) is 1.18. The zero-order valence-corrected chi connectivity index (χ0v) is 14.9. The molecule has 1 fully saturated rings. The van der Waals surface area contributed by atoms with Crippen LogP contribution in [0, 0.1) is 17.3 Å². The molecule has 1 aliphatic heterocycles. The van der Waals surface area contributed by atoms with Gasteiger partial charge in [-0.1, -0.05) is 49.5 Å². The van der Waals surface area contributed by atoms with Crippen molar-refractivity contribution in [3.63, 3.8) is 0 Å². The van der Waals surface area contributed by atoms with Gasteiger partial charge in [-0.3, -0.25) is 0 Å². The first kappa shape index (κ1) is 13.7. The van der Waals surface area contributed by atoms with Gasteiger partial charge in [-0.15, -0.1) is 25.3 Å². The van der Waals surface area contributed by atoms with Crippen molar-refractivity contribution in [2.45, 2.75) is 39.9 Å². The average molecular weight is 337 g/mol. The van der Waals surface area contributed by atoms with Crippen LogP contribution in [0.15, 0.2) is 53.7 Å². The van der Waals surface area contributed by atoms with Crippen LogP contribution in [-0.2, 0) is 0 Å². The Morgan fingerprint density at radius 3 is 2.25 bits per heavy atom. The lowest BCUT2D eigenvalue weighted by Crippen LogP contribution is -2.47. The summed E-state index contributed by atoms with van der Waals surface area (Å²) in [6, 6.07) is 4.31. The first-order valence-corrected chi connectivity index (χ1v) is 9.29. The van der Waals surface area contributed by atoms with Crippen LogP contribution in [0.1, 0.15) is 20.3 Å². The van der Waals surface area contributed by atoms with Crippen molar-refractivity contribution in [3.8, 4) is 0 Å². The summed E-state index contributed by atoms with van der Waals surface area (Å²) < 4.78 is 0. The molecule has 0 amide bonds. The van der Waals surface area contributed by atoms with E-state index >= 15 is 0 Å². The number of thiol groups is 2. The molecule has 20 heavy (non-hydrogen) atoms. The fourth-order valence-corrected chi connectivity index (χ4v) is 7.05. The van der Waals surface area contributed by atoms with Gasteiger partial charge >= 0.3 is 0 Å². The quantitative estimate of drug-likeness (QED) is 0.447.